The molecule has 2 heterocycles. The molecule has 19 heavy (non-hydrogen) atoms. The monoisotopic (exact) mass is 260 g/mol. The first kappa shape index (κ1) is 13.0. The van der Waals surface area contributed by atoms with Gasteiger partial charge in [0.1, 0.15) is 11.5 Å². The first-order valence-electron chi connectivity index (χ1n) is 5.89. The summed E-state index contributed by atoms with van der Waals surface area (Å²) in [4.78, 5) is 20.0. The molecule has 0 saturated carbocycles. The van der Waals surface area contributed by atoms with Crippen LogP contribution in [0.3, 0.4) is 0 Å². The molecule has 1 unspecified atom stereocenters. The second-order valence-corrected chi connectivity index (χ2v) is 4.19. The van der Waals surface area contributed by atoms with Gasteiger partial charge in [0.2, 0.25) is 0 Å². The van der Waals surface area contributed by atoms with Gasteiger partial charge in [-0.15, -0.1) is 0 Å². The molecule has 7 heteroatoms. The van der Waals surface area contributed by atoms with Crippen LogP contribution in [0.4, 0.5) is 5.82 Å². The van der Waals surface area contributed by atoms with E-state index in [0.29, 0.717) is 18.1 Å². The number of hydrogen-bond acceptors (Lipinski definition) is 5. The number of carbonyl (C=O) groups excluding carboxylic acids is 1. The van der Waals surface area contributed by atoms with Gasteiger partial charge in [-0.3, -0.25) is 4.79 Å². The number of anilines is 1. The molecule has 0 spiro atoms. The van der Waals surface area contributed by atoms with E-state index in [1.54, 1.807) is 30.7 Å². The van der Waals surface area contributed by atoms with Gasteiger partial charge in [0, 0.05) is 25.0 Å². The maximum absolute atomic E-state index is 12.0. The van der Waals surface area contributed by atoms with Crippen LogP contribution < -0.4 is 16.6 Å². The molecule has 1 atom stereocenters. The number of carbonyl (C=O) groups is 1. The Morgan fingerprint density at radius 3 is 3.05 bits per heavy atom. The molecule has 0 bridgehead atoms. The van der Waals surface area contributed by atoms with Crippen LogP contribution in [0.2, 0.25) is 0 Å². The fourth-order valence-corrected chi connectivity index (χ4v) is 1.70. The number of aromatic nitrogens is 3. The van der Waals surface area contributed by atoms with Gasteiger partial charge in [-0.1, -0.05) is 6.07 Å². The number of amides is 1. The van der Waals surface area contributed by atoms with Crippen LogP contribution in [0.1, 0.15) is 17.4 Å². The highest BCUT2D eigenvalue weighted by Gasteiger charge is 2.11. The maximum Gasteiger partial charge on any atom is 0.270 e. The largest absolute Gasteiger partial charge is 0.346 e. The number of hydrogen-bond donors (Lipinski definition) is 3. The zero-order valence-corrected chi connectivity index (χ0v) is 10.6. The van der Waals surface area contributed by atoms with Gasteiger partial charge in [-0.05, 0) is 19.1 Å². The van der Waals surface area contributed by atoms with Crippen molar-refractivity contribution in [3.8, 4) is 0 Å². The van der Waals surface area contributed by atoms with Gasteiger partial charge in [-0.2, -0.15) is 0 Å². The lowest BCUT2D eigenvalue weighted by Gasteiger charge is -2.14. The van der Waals surface area contributed by atoms with Crippen molar-refractivity contribution < 1.29 is 4.79 Å². The quantitative estimate of drug-likeness (QED) is 0.533. The molecule has 0 aliphatic carbocycles. The van der Waals surface area contributed by atoms with Crippen LogP contribution in [0, 0.1) is 0 Å². The van der Waals surface area contributed by atoms with Crippen molar-refractivity contribution in [2.45, 2.75) is 19.5 Å². The highest BCUT2D eigenvalue weighted by molar-refractivity contribution is 5.92. The van der Waals surface area contributed by atoms with Crippen molar-refractivity contribution in [1.82, 2.24) is 19.9 Å². The predicted octanol–water partition coefficient (Wildman–Crippen LogP) is 0.382. The molecule has 2 rings (SSSR count). The second-order valence-electron chi connectivity index (χ2n) is 4.19. The minimum atomic E-state index is -0.232. The highest BCUT2D eigenvalue weighted by atomic mass is 16.1. The van der Waals surface area contributed by atoms with E-state index in [1.165, 1.54) is 0 Å². The Morgan fingerprint density at radius 2 is 2.37 bits per heavy atom. The van der Waals surface area contributed by atoms with Crippen LogP contribution in [0.25, 0.3) is 0 Å². The average molecular weight is 260 g/mol. The fourth-order valence-electron chi connectivity index (χ4n) is 1.70. The third-order valence-corrected chi connectivity index (χ3v) is 2.55. The Kier molecular flexibility index (Phi) is 4.09. The van der Waals surface area contributed by atoms with E-state index >= 15 is 0 Å². The van der Waals surface area contributed by atoms with Gasteiger partial charge in [0.05, 0.1) is 6.33 Å². The van der Waals surface area contributed by atoms with Gasteiger partial charge >= 0.3 is 0 Å². The molecule has 0 aromatic carbocycles. The molecule has 2 aromatic heterocycles. The first-order valence-corrected chi connectivity index (χ1v) is 5.89. The Labute approximate surface area is 110 Å². The van der Waals surface area contributed by atoms with Crippen molar-refractivity contribution in [2.24, 2.45) is 5.84 Å². The molecule has 2 aromatic rings. The summed E-state index contributed by atoms with van der Waals surface area (Å²) in [6.07, 6.45) is 5.26. The molecule has 100 valence electrons. The van der Waals surface area contributed by atoms with Crippen LogP contribution >= 0.6 is 0 Å². The summed E-state index contributed by atoms with van der Waals surface area (Å²) in [5, 5.41) is 2.87. The minimum absolute atomic E-state index is 0.0296. The van der Waals surface area contributed by atoms with Crippen LogP contribution in [0.5, 0.6) is 0 Å². The van der Waals surface area contributed by atoms with E-state index in [1.807, 2.05) is 17.7 Å². The maximum atomic E-state index is 12.0. The minimum Gasteiger partial charge on any atom is -0.346 e. The summed E-state index contributed by atoms with van der Waals surface area (Å²) in [5.41, 5.74) is 2.74. The van der Waals surface area contributed by atoms with Gasteiger partial charge < -0.3 is 15.3 Å². The average Bonchev–Trinajstić information content (AvgIpc) is 2.91. The van der Waals surface area contributed by atoms with E-state index in [4.69, 9.17) is 5.84 Å². The number of nitrogens with zero attached hydrogens (tertiary/aromatic N) is 3. The molecular formula is C12H16N6O. The summed E-state index contributed by atoms with van der Waals surface area (Å²) >= 11 is 0. The molecule has 0 aliphatic rings. The van der Waals surface area contributed by atoms with Crippen LogP contribution in [0.15, 0.2) is 36.9 Å². The lowest BCUT2D eigenvalue weighted by molar-refractivity contribution is 0.0932. The van der Waals surface area contributed by atoms with Gasteiger partial charge in [-0.25, -0.2) is 15.8 Å². The second kappa shape index (κ2) is 5.96. The summed E-state index contributed by atoms with van der Waals surface area (Å²) in [6, 6.07) is 5.02. The fraction of sp³-hybridized carbons (Fsp3) is 0.250. The molecular weight excluding hydrogens is 244 g/mol. The standard InChI is InChI=1S/C12H16N6O/c1-9(7-18-6-5-14-8-18)15-12(19)10-3-2-4-11(16-10)17-13/h2-6,8-9H,7,13H2,1H3,(H,15,19)(H,16,17). The Balaban J connectivity index is 1.96. The van der Waals surface area contributed by atoms with Crippen molar-refractivity contribution >= 4 is 11.7 Å². The van der Waals surface area contributed by atoms with E-state index in [0.717, 1.165) is 0 Å². The van der Waals surface area contributed by atoms with E-state index in [9.17, 15) is 4.79 Å². The topological polar surface area (TPSA) is 97.9 Å². The lowest BCUT2D eigenvalue weighted by atomic mass is 10.3. The van der Waals surface area contributed by atoms with Crippen LogP contribution in [-0.4, -0.2) is 26.5 Å². The summed E-state index contributed by atoms with van der Waals surface area (Å²) in [6.45, 7) is 2.57. The number of hydrazine groups is 1. The zero-order chi connectivity index (χ0) is 13.7. The number of imidazole rings is 1. The third-order valence-electron chi connectivity index (χ3n) is 2.55. The Morgan fingerprint density at radius 1 is 1.53 bits per heavy atom. The van der Waals surface area contributed by atoms with Crippen molar-refractivity contribution in [3.05, 3.63) is 42.6 Å². The molecule has 0 radical (unpaired) electrons. The molecule has 0 aliphatic heterocycles. The Bertz CT molecular complexity index is 539. The van der Waals surface area contributed by atoms with E-state index in [2.05, 4.69) is 20.7 Å². The number of nitrogen functional groups attached to an aromatic ring is 1. The number of rotatable bonds is 5. The van der Waals surface area contributed by atoms with E-state index in [-0.39, 0.29) is 11.9 Å². The number of nitrogens with two attached hydrogens (primary N) is 1. The third kappa shape index (κ3) is 3.52. The smallest absolute Gasteiger partial charge is 0.270 e. The molecule has 7 nitrogen and oxygen atoms in total. The molecule has 1 amide bonds. The zero-order valence-electron chi connectivity index (χ0n) is 10.6. The normalized spacial score (nSPS) is 11.9. The first-order chi connectivity index (χ1) is 9.19. The summed E-state index contributed by atoms with van der Waals surface area (Å²) < 4.78 is 1.90. The van der Waals surface area contributed by atoms with Crippen molar-refractivity contribution in [3.63, 3.8) is 0 Å². The molecule has 0 saturated heterocycles. The summed E-state index contributed by atoms with van der Waals surface area (Å²) in [5.74, 6) is 5.48. The van der Waals surface area contributed by atoms with Crippen LogP contribution in [-0.2, 0) is 6.54 Å². The number of pyridine rings is 1. The predicted molar refractivity (Wildman–Crippen MR) is 71.2 cm³/mol. The SMILES string of the molecule is CC(Cn1ccnc1)NC(=O)c1cccc(NN)n1. The summed E-state index contributed by atoms with van der Waals surface area (Å²) in [7, 11) is 0. The van der Waals surface area contributed by atoms with Gasteiger partial charge in [0.15, 0.2) is 0 Å². The number of nitrogens with one attached hydrogen (secondary N) is 2. The molecule has 0 fully saturated rings. The van der Waals surface area contributed by atoms with Crippen molar-refractivity contribution in [2.75, 3.05) is 5.43 Å². The Hall–Kier alpha value is -2.41. The lowest BCUT2D eigenvalue weighted by Crippen LogP contribution is -2.36. The van der Waals surface area contributed by atoms with E-state index < -0.39 is 0 Å². The molecule has 4 N–H and O–H groups in total. The van der Waals surface area contributed by atoms with Crippen molar-refractivity contribution in [1.29, 1.82) is 0 Å². The van der Waals surface area contributed by atoms with Gasteiger partial charge in [0.25, 0.3) is 5.91 Å². The highest BCUT2D eigenvalue weighted by Crippen LogP contribution is 2.03.